The molecule has 0 aliphatic rings. The van der Waals surface area contributed by atoms with Gasteiger partial charge in [-0.3, -0.25) is 10.1 Å². The number of hydrogen-bond acceptors (Lipinski definition) is 6. The van der Waals surface area contributed by atoms with E-state index in [1.165, 1.54) is 49.8 Å². The Morgan fingerprint density at radius 2 is 2.00 bits per heavy atom. The average Bonchev–Trinajstić information content (AvgIpc) is 2.55. The number of nitrogens with zero attached hydrogens (tertiary/aromatic N) is 3. The van der Waals surface area contributed by atoms with Crippen molar-refractivity contribution < 1.29 is 18.8 Å². The molecule has 0 saturated carbocycles. The molecule has 116 valence electrons. The molecule has 0 saturated heterocycles. The molecular formula is C15H10FN3O4. The van der Waals surface area contributed by atoms with Crippen LogP contribution in [0.1, 0.15) is 0 Å². The maximum Gasteiger partial charge on any atom is 0.315 e. The number of fused-ring (bicyclic) bond motifs is 1. The molecule has 0 bridgehead atoms. The topological polar surface area (TPSA) is 87.4 Å². The van der Waals surface area contributed by atoms with Crippen molar-refractivity contribution in [2.75, 3.05) is 7.11 Å². The number of halogens is 1. The van der Waals surface area contributed by atoms with Crippen LogP contribution in [0, 0.1) is 15.9 Å². The number of nitro groups is 1. The molecule has 1 aromatic heterocycles. The zero-order chi connectivity index (χ0) is 16.4. The molecule has 0 aliphatic heterocycles. The monoisotopic (exact) mass is 315 g/mol. The Hall–Kier alpha value is -3.29. The predicted molar refractivity (Wildman–Crippen MR) is 79.2 cm³/mol. The summed E-state index contributed by atoms with van der Waals surface area (Å²) in [6.07, 6.45) is 1.24. The summed E-state index contributed by atoms with van der Waals surface area (Å²) < 4.78 is 23.9. The first-order valence-corrected chi connectivity index (χ1v) is 6.49. The van der Waals surface area contributed by atoms with Gasteiger partial charge in [0.2, 0.25) is 11.6 Å². The third-order valence-corrected chi connectivity index (χ3v) is 3.13. The summed E-state index contributed by atoms with van der Waals surface area (Å²) in [5.74, 6) is -0.160. The van der Waals surface area contributed by atoms with Crippen molar-refractivity contribution in [2.45, 2.75) is 0 Å². The fourth-order valence-electron chi connectivity index (χ4n) is 2.04. The smallest absolute Gasteiger partial charge is 0.315 e. The Morgan fingerprint density at radius 1 is 1.17 bits per heavy atom. The molecule has 1 heterocycles. The molecule has 2 aromatic carbocycles. The van der Waals surface area contributed by atoms with Crippen LogP contribution < -0.4 is 9.47 Å². The van der Waals surface area contributed by atoms with E-state index >= 15 is 0 Å². The van der Waals surface area contributed by atoms with Crippen LogP contribution in [0.15, 0.2) is 42.7 Å². The van der Waals surface area contributed by atoms with Gasteiger partial charge in [0, 0.05) is 0 Å². The zero-order valence-corrected chi connectivity index (χ0v) is 11.9. The largest absolute Gasteiger partial charge is 0.496 e. The molecule has 0 atom stereocenters. The third-order valence-electron chi connectivity index (χ3n) is 3.13. The molecule has 0 unspecified atom stereocenters. The summed E-state index contributed by atoms with van der Waals surface area (Å²) >= 11 is 0. The first-order chi connectivity index (χ1) is 11.1. The van der Waals surface area contributed by atoms with E-state index in [0.717, 1.165) is 0 Å². The van der Waals surface area contributed by atoms with Gasteiger partial charge in [-0.2, -0.15) is 0 Å². The number of rotatable bonds is 4. The van der Waals surface area contributed by atoms with Crippen LogP contribution in [-0.4, -0.2) is 22.0 Å². The van der Waals surface area contributed by atoms with Gasteiger partial charge in [-0.1, -0.05) is 0 Å². The minimum atomic E-state index is -0.595. The standard InChI is InChI=1S/C15H10FN3O4/c1-22-10-3-5-14(13(7-10)19(20)21)23-15-11-6-9(16)2-4-12(11)17-8-18-15/h2-8H,1H3. The van der Waals surface area contributed by atoms with E-state index < -0.39 is 10.7 Å². The Kier molecular flexibility index (Phi) is 3.71. The van der Waals surface area contributed by atoms with E-state index in [1.807, 2.05) is 0 Å². The van der Waals surface area contributed by atoms with E-state index in [-0.39, 0.29) is 17.3 Å². The Labute approximate surface area is 129 Å². The molecule has 3 aromatic rings. The second kappa shape index (κ2) is 5.84. The molecule has 3 rings (SSSR count). The molecule has 0 N–H and O–H groups in total. The van der Waals surface area contributed by atoms with E-state index in [4.69, 9.17) is 9.47 Å². The van der Waals surface area contributed by atoms with Gasteiger partial charge in [-0.15, -0.1) is 0 Å². The second-order valence-corrected chi connectivity index (χ2v) is 4.53. The molecule has 0 aliphatic carbocycles. The van der Waals surface area contributed by atoms with E-state index in [2.05, 4.69) is 9.97 Å². The van der Waals surface area contributed by atoms with Gasteiger partial charge in [-0.25, -0.2) is 14.4 Å². The van der Waals surface area contributed by atoms with Gasteiger partial charge in [0.05, 0.1) is 29.0 Å². The van der Waals surface area contributed by atoms with Crippen LogP contribution in [0.25, 0.3) is 10.9 Å². The van der Waals surface area contributed by atoms with Crippen LogP contribution in [0.4, 0.5) is 10.1 Å². The summed E-state index contributed by atoms with van der Waals surface area (Å²) in [6.45, 7) is 0. The van der Waals surface area contributed by atoms with Crippen molar-refractivity contribution in [3.05, 3.63) is 58.7 Å². The fraction of sp³-hybridized carbons (Fsp3) is 0.0667. The van der Waals surface area contributed by atoms with Crippen LogP contribution in [0.5, 0.6) is 17.4 Å². The highest BCUT2D eigenvalue weighted by molar-refractivity contribution is 5.83. The SMILES string of the molecule is COc1ccc(Oc2ncnc3ccc(F)cc23)c([N+](=O)[O-])c1. The summed E-state index contributed by atoms with van der Waals surface area (Å²) in [6, 6.07) is 8.09. The van der Waals surface area contributed by atoms with Crippen LogP contribution in [0.3, 0.4) is 0 Å². The number of hydrogen-bond donors (Lipinski definition) is 0. The highest BCUT2D eigenvalue weighted by atomic mass is 19.1. The molecule has 0 amide bonds. The second-order valence-electron chi connectivity index (χ2n) is 4.53. The van der Waals surface area contributed by atoms with Gasteiger partial charge in [0.1, 0.15) is 17.9 Å². The maximum atomic E-state index is 13.4. The molecule has 23 heavy (non-hydrogen) atoms. The van der Waals surface area contributed by atoms with E-state index in [0.29, 0.717) is 16.7 Å². The Balaban J connectivity index is 2.09. The van der Waals surface area contributed by atoms with Gasteiger partial charge in [0.25, 0.3) is 0 Å². The zero-order valence-electron chi connectivity index (χ0n) is 11.9. The molecule has 0 spiro atoms. The van der Waals surface area contributed by atoms with Crippen LogP contribution in [0.2, 0.25) is 0 Å². The fourth-order valence-corrected chi connectivity index (χ4v) is 2.04. The van der Waals surface area contributed by atoms with Gasteiger partial charge < -0.3 is 9.47 Å². The van der Waals surface area contributed by atoms with Crippen LogP contribution in [-0.2, 0) is 0 Å². The summed E-state index contributed by atoms with van der Waals surface area (Å²) in [4.78, 5) is 18.5. The van der Waals surface area contributed by atoms with Crippen molar-refractivity contribution in [1.82, 2.24) is 9.97 Å². The normalized spacial score (nSPS) is 10.5. The molecular weight excluding hydrogens is 305 g/mol. The molecule has 7 nitrogen and oxygen atoms in total. The van der Waals surface area contributed by atoms with Crippen molar-refractivity contribution >= 4 is 16.6 Å². The molecule has 0 radical (unpaired) electrons. The van der Waals surface area contributed by atoms with Crippen molar-refractivity contribution in [2.24, 2.45) is 0 Å². The first-order valence-electron chi connectivity index (χ1n) is 6.49. The average molecular weight is 315 g/mol. The Morgan fingerprint density at radius 3 is 2.74 bits per heavy atom. The Bertz CT molecular complexity index is 901. The minimum absolute atomic E-state index is 0.0277. The maximum absolute atomic E-state index is 13.4. The minimum Gasteiger partial charge on any atom is -0.496 e. The number of nitro benzene ring substituents is 1. The quantitative estimate of drug-likeness (QED) is 0.541. The first kappa shape index (κ1) is 14.6. The van der Waals surface area contributed by atoms with E-state index in [9.17, 15) is 14.5 Å². The van der Waals surface area contributed by atoms with Crippen molar-refractivity contribution in [3.63, 3.8) is 0 Å². The number of benzene rings is 2. The number of ether oxygens (including phenoxy) is 2. The van der Waals surface area contributed by atoms with Gasteiger partial charge in [0.15, 0.2) is 0 Å². The third kappa shape index (κ3) is 2.86. The van der Waals surface area contributed by atoms with Crippen molar-refractivity contribution in [3.8, 4) is 17.4 Å². The molecule has 0 fully saturated rings. The highest BCUT2D eigenvalue weighted by Gasteiger charge is 2.19. The lowest BCUT2D eigenvalue weighted by Gasteiger charge is -2.08. The summed E-state index contributed by atoms with van der Waals surface area (Å²) in [7, 11) is 1.40. The van der Waals surface area contributed by atoms with E-state index in [1.54, 1.807) is 0 Å². The van der Waals surface area contributed by atoms with Crippen molar-refractivity contribution in [1.29, 1.82) is 0 Å². The highest BCUT2D eigenvalue weighted by Crippen LogP contribution is 2.35. The summed E-state index contributed by atoms with van der Waals surface area (Å²) in [5.41, 5.74) is 0.181. The van der Waals surface area contributed by atoms with Gasteiger partial charge in [-0.05, 0) is 30.3 Å². The predicted octanol–water partition coefficient (Wildman–Crippen LogP) is 3.48. The lowest BCUT2D eigenvalue weighted by atomic mass is 10.2. The number of methoxy groups -OCH3 is 1. The summed E-state index contributed by atoms with van der Waals surface area (Å²) in [5, 5.41) is 11.5. The lowest BCUT2D eigenvalue weighted by Crippen LogP contribution is -1.97. The van der Waals surface area contributed by atoms with Crippen LogP contribution >= 0.6 is 0 Å². The van der Waals surface area contributed by atoms with Gasteiger partial charge >= 0.3 is 5.69 Å². The number of aromatic nitrogens is 2. The lowest BCUT2D eigenvalue weighted by molar-refractivity contribution is -0.385. The molecule has 8 heteroatoms.